The summed E-state index contributed by atoms with van der Waals surface area (Å²) < 4.78 is 28.3. The van der Waals surface area contributed by atoms with Crippen molar-refractivity contribution < 1.29 is 68.7 Å². The molecule has 21 nitrogen and oxygen atoms in total. The Kier molecular flexibility index (Phi) is 42.0. The van der Waals surface area contributed by atoms with Gasteiger partial charge in [0.1, 0.15) is 11.5 Å². The van der Waals surface area contributed by atoms with Crippen molar-refractivity contribution >= 4 is 136 Å². The number of nitrogens with two attached hydrogens (primary N) is 1. The van der Waals surface area contributed by atoms with Crippen LogP contribution >= 0.6 is 85.6 Å². The summed E-state index contributed by atoms with van der Waals surface area (Å²) in [5.74, 6) is -0.170. The molecular formula is C54H76Cl8N4O17SSn. The zero-order valence-electron chi connectivity index (χ0n) is 50.1. The van der Waals surface area contributed by atoms with Gasteiger partial charge in [-0.1, -0.05) is 168 Å². The van der Waals surface area contributed by atoms with Crippen LogP contribution in [0.1, 0.15) is 139 Å². The molecule has 0 fully saturated rings. The van der Waals surface area contributed by atoms with Crippen molar-refractivity contribution in [1.82, 2.24) is 0 Å². The number of nitro groups is 2. The third-order valence-electron chi connectivity index (χ3n) is 10.1. The number of carboxylic acid groups (broad SMARTS) is 1. The molecule has 0 aliphatic carbocycles. The van der Waals surface area contributed by atoms with Crippen LogP contribution in [0, 0.1) is 30.3 Å². The van der Waals surface area contributed by atoms with Crippen molar-refractivity contribution in [2.45, 2.75) is 138 Å². The maximum atomic E-state index is 10.9. The Bertz CT molecular complexity index is 2970. The molecule has 0 unspecified atom stereocenters. The molecule has 0 heterocycles. The monoisotopic (exact) mass is 1480 g/mol. The second-order valence-electron chi connectivity index (χ2n) is 22.1. The topological polar surface area (TPSA) is 358 Å². The summed E-state index contributed by atoms with van der Waals surface area (Å²) >= 11 is 22.7. The number of rotatable bonds is 4. The molecule has 0 aliphatic heterocycles. The van der Waals surface area contributed by atoms with Gasteiger partial charge in [-0.05, 0) is 103 Å². The zero-order chi connectivity index (χ0) is 67.4. The van der Waals surface area contributed by atoms with Crippen LogP contribution in [0.25, 0.3) is 0 Å². The third kappa shape index (κ3) is 40.5. The van der Waals surface area contributed by atoms with Crippen molar-refractivity contribution in [3.05, 3.63) is 157 Å². The van der Waals surface area contributed by atoms with Crippen molar-refractivity contribution in [3.8, 4) is 28.7 Å². The van der Waals surface area contributed by atoms with Gasteiger partial charge in [-0.2, -0.15) is 8.42 Å². The summed E-state index contributed by atoms with van der Waals surface area (Å²) in [6.45, 7) is 31.9. The molecule has 2 radical (unpaired) electrons. The average Bonchev–Trinajstić information content (AvgIpc) is 3.29. The van der Waals surface area contributed by atoms with Crippen LogP contribution < -0.4 is 15.2 Å². The van der Waals surface area contributed by atoms with Gasteiger partial charge < -0.3 is 46.3 Å². The van der Waals surface area contributed by atoms with Gasteiger partial charge in [0.2, 0.25) is 11.5 Å². The van der Waals surface area contributed by atoms with Gasteiger partial charge in [-0.25, -0.2) is 0 Å². The number of nitrogens with zero attached hydrogens (tertiary/aromatic N) is 3. The number of anilines is 1. The fourth-order valence-corrected chi connectivity index (χ4v) is 6.69. The van der Waals surface area contributed by atoms with E-state index in [0.29, 0.717) is 27.2 Å². The van der Waals surface area contributed by atoms with Gasteiger partial charge >= 0.3 is 56.4 Å². The van der Waals surface area contributed by atoms with E-state index in [1.54, 1.807) is 43.5 Å². The number of phenols is 3. The van der Waals surface area contributed by atoms with Crippen LogP contribution in [-0.2, 0) is 40.1 Å². The summed E-state index contributed by atoms with van der Waals surface area (Å²) in [5.41, 5.74) is 10.8. The molecule has 0 aromatic heterocycles. The van der Waals surface area contributed by atoms with Gasteiger partial charge in [0, 0.05) is 40.4 Å². The average molecular weight is 1490 g/mol. The summed E-state index contributed by atoms with van der Waals surface area (Å²) in [4.78, 5) is 37.8. The number of nitrogen functional groups attached to an aromatic ring is 1. The van der Waals surface area contributed by atoms with Crippen LogP contribution in [0.2, 0.25) is 20.1 Å². The first-order chi connectivity index (χ1) is 37.6. The van der Waals surface area contributed by atoms with E-state index in [1.165, 1.54) is 24.8 Å². The summed E-state index contributed by atoms with van der Waals surface area (Å²) in [7, 11) is 17.6. The number of benzene rings is 5. The van der Waals surface area contributed by atoms with Crippen LogP contribution in [0.5, 0.6) is 28.7 Å². The fraction of sp³-hybridized carbons (Fsp3) is 0.426. The number of phenolic OH excluding ortho intramolecular Hbond substituents is 3. The van der Waals surface area contributed by atoms with E-state index in [0.717, 1.165) is 29.2 Å². The predicted molar refractivity (Wildman–Crippen MR) is 345 cm³/mol. The fourth-order valence-electron chi connectivity index (χ4n) is 5.70. The molecule has 0 spiro atoms. The number of ether oxygens (including phenoxy) is 2. The molecule has 0 saturated carbocycles. The van der Waals surface area contributed by atoms with Crippen LogP contribution in [0.3, 0.4) is 0 Å². The van der Waals surface area contributed by atoms with E-state index < -0.39 is 53.8 Å². The van der Waals surface area contributed by atoms with Crippen LogP contribution in [0.4, 0.5) is 17.1 Å². The molecule has 9 N–H and O–H groups in total. The van der Waals surface area contributed by atoms with Crippen LogP contribution in [-0.4, -0.2) is 93.5 Å². The number of carboxylic acids is 1. The molecule has 0 saturated heterocycles. The molecule has 0 atom stereocenters. The second kappa shape index (κ2) is 40.0. The van der Waals surface area contributed by atoms with Gasteiger partial charge in [-0.3, -0.25) is 25.0 Å². The molecule has 5 rings (SSSR count). The van der Waals surface area contributed by atoms with E-state index >= 15 is 0 Å². The number of methoxy groups -OCH3 is 2. The number of hydrogen-bond donors (Lipinski definition) is 6. The number of halogens is 8. The Labute approximate surface area is 543 Å². The van der Waals surface area contributed by atoms with E-state index in [2.05, 4.69) is 83.7 Å². The minimum atomic E-state index is -3.72. The minimum absolute atomic E-state index is 0. The molecule has 31 heteroatoms. The normalized spacial score (nSPS) is 10.7. The van der Waals surface area contributed by atoms with E-state index in [1.807, 2.05) is 71.9 Å². The Morgan fingerprint density at radius 2 is 0.812 bits per heavy atom. The molecule has 0 amide bonds. The summed E-state index contributed by atoms with van der Waals surface area (Å²) in [6, 6.07) is 22.6. The third-order valence-corrected chi connectivity index (χ3v) is 11.2. The Balaban J connectivity index is -0.000000295. The quantitative estimate of drug-likeness (QED) is 0.0320. The molecule has 85 heavy (non-hydrogen) atoms. The SMILES string of the molecule is CC(=O)O.CC(C)(C)c1cc(Cl)c(O)c([N+](=O)[O-])c1.CC(C)(C)c1ccc(O)c(Cl)c1.CC(C)(C)c1ccc(O)cc1.COc1c(Cl)cc(C(C)(C)C)cc1[N+](=O)[O-].COc1c(N)cc(C(C)(C)C)cc1Cl.O.O=S(=O)(Cl)Cl.O=[N+]([O-])O.[Cl][Sn][Cl]. The predicted octanol–water partition coefficient (Wildman–Crippen LogP) is 16.7. The second-order valence-corrected chi connectivity index (χ2v) is 31.6. The number of carbonyl (C=O) groups is 1. The van der Waals surface area contributed by atoms with E-state index in [4.69, 9.17) is 118 Å². The van der Waals surface area contributed by atoms with E-state index in [9.17, 15) is 30.4 Å². The summed E-state index contributed by atoms with van der Waals surface area (Å²) in [6.07, 6.45) is 0. The maximum absolute atomic E-state index is 10.9. The first-order valence-corrected chi connectivity index (χ1v) is 35.8. The molecule has 5 aromatic carbocycles. The van der Waals surface area contributed by atoms with Gasteiger partial charge in [0.25, 0.3) is 11.1 Å². The van der Waals surface area contributed by atoms with Crippen molar-refractivity contribution in [1.29, 1.82) is 0 Å². The van der Waals surface area contributed by atoms with E-state index in [-0.39, 0.29) is 65.5 Å². The number of nitro benzene ring substituents is 2. The zero-order valence-corrected chi connectivity index (χ0v) is 59.8. The number of hydrogen-bond acceptors (Lipinski definition) is 15. The Morgan fingerprint density at radius 1 is 0.541 bits per heavy atom. The first kappa shape index (κ1) is 89.2. The molecule has 5 aromatic rings. The molecule has 0 bridgehead atoms. The molecular weight excluding hydrogens is 1410 g/mol. The summed E-state index contributed by atoms with van der Waals surface area (Å²) in [5, 5.41) is 71.4. The van der Waals surface area contributed by atoms with Gasteiger partial charge in [0.05, 0.1) is 49.8 Å². The Hall–Kier alpha value is -4.60. The standard InChI is InChI=1S/C11H14ClNO3.C11H16ClNO.C10H12ClNO3.C10H13ClO.C10H14O.C2H4O2.Cl2O2S.2ClH.HNO3.H2O.Sn/c1-11(2,3)7-5-8(12)10(16-4)9(6-7)13(14)15;1-11(2,3)7-5-8(12)10(14-4)9(13)6-7;1-10(2,3)6-4-7(11)9(13)8(5-6)12(14)15;1-10(2,3)7-4-5-9(12)8(11)6-7;1-10(2,3)8-4-6-9(11)7-5-8;1-2(3)4;1-5(2,3)4;;;2-1(3)4;;/h5-6H,1-4H3;5-6H,13H2,1-4H3;4-5,13H,1-3H3;4-6,12H,1-3H3;4-7,11H,1-3H3;1H3,(H,3,4);;2*1H;(H,2,3,4);1H2;/q;;;;;;;;;;;+2/p-2. The van der Waals surface area contributed by atoms with Crippen LogP contribution in [0.15, 0.2) is 78.9 Å². The van der Waals surface area contributed by atoms with Gasteiger partial charge in [-0.15, -0.1) is 10.1 Å². The van der Waals surface area contributed by atoms with Gasteiger partial charge in [0.15, 0.2) is 5.75 Å². The molecule has 480 valence electrons. The number of aliphatic carboxylic acids is 1. The Morgan fingerprint density at radius 3 is 1.09 bits per heavy atom. The van der Waals surface area contributed by atoms with Crippen molar-refractivity contribution in [2.75, 3.05) is 20.0 Å². The first-order valence-electron chi connectivity index (χ1n) is 23.9. The molecule has 0 aliphatic rings. The van der Waals surface area contributed by atoms with Crippen molar-refractivity contribution in [2.24, 2.45) is 0 Å². The number of aromatic hydroxyl groups is 3. The van der Waals surface area contributed by atoms with Crippen molar-refractivity contribution in [3.63, 3.8) is 0 Å².